The van der Waals surface area contributed by atoms with Gasteiger partial charge in [0.05, 0.1) is 28.5 Å². The Morgan fingerprint density at radius 2 is 2.11 bits per heavy atom. The van der Waals surface area contributed by atoms with Gasteiger partial charge in [0.15, 0.2) is 0 Å². The lowest BCUT2D eigenvalue weighted by Crippen LogP contribution is -2.43. The summed E-state index contributed by atoms with van der Waals surface area (Å²) in [5, 5.41) is 24.9. The molecule has 7 heterocycles. The zero-order chi connectivity index (χ0) is 30.0. The normalized spacial score (nSPS) is 28.3. The molecule has 0 aliphatic carbocycles. The lowest BCUT2D eigenvalue weighted by molar-refractivity contribution is 0.110. The molecule has 5 aliphatic rings. The molecule has 5 fully saturated rings. The summed E-state index contributed by atoms with van der Waals surface area (Å²) in [5.74, 6) is 3.49. The van der Waals surface area contributed by atoms with E-state index < -0.39 is 6.17 Å². The summed E-state index contributed by atoms with van der Waals surface area (Å²) in [6, 6.07) is 10.6. The quantitative estimate of drug-likeness (QED) is 0.303. The first-order valence-corrected chi connectivity index (χ1v) is 15.5. The van der Waals surface area contributed by atoms with E-state index in [1.807, 2.05) is 18.2 Å². The van der Waals surface area contributed by atoms with Gasteiger partial charge in [-0.15, -0.1) is 6.42 Å². The van der Waals surface area contributed by atoms with Crippen LogP contribution in [0, 0.1) is 18.3 Å². The van der Waals surface area contributed by atoms with Crippen LogP contribution in [0.15, 0.2) is 47.4 Å². The third-order valence-electron chi connectivity index (χ3n) is 10.3. The number of aromatic nitrogens is 3. The molecule has 4 aromatic rings. The highest BCUT2D eigenvalue weighted by Crippen LogP contribution is 2.41. The van der Waals surface area contributed by atoms with E-state index in [2.05, 4.69) is 26.6 Å². The van der Waals surface area contributed by atoms with Gasteiger partial charge in [0.1, 0.15) is 18.5 Å². The number of nitrogens with one attached hydrogen (secondary N) is 2. The van der Waals surface area contributed by atoms with Crippen LogP contribution >= 0.6 is 0 Å². The number of hydrogen-bond donors (Lipinski definition) is 3. The Morgan fingerprint density at radius 1 is 1.20 bits per heavy atom. The van der Waals surface area contributed by atoms with Crippen LogP contribution in [0.4, 0.5) is 4.39 Å². The van der Waals surface area contributed by atoms with Gasteiger partial charge in [-0.05, 0) is 55.8 Å². The summed E-state index contributed by atoms with van der Waals surface area (Å²) < 4.78 is 22.2. The van der Waals surface area contributed by atoms with Gasteiger partial charge >= 0.3 is 0 Å². The number of nitrogens with zero attached hydrogens (tertiary/aromatic N) is 4. The predicted octanol–water partition coefficient (Wildman–Crippen LogP) is 3.24. The van der Waals surface area contributed by atoms with Gasteiger partial charge in [0, 0.05) is 66.5 Å². The molecule has 2 aromatic heterocycles. The number of piperidine rings is 1. The van der Waals surface area contributed by atoms with Crippen LogP contribution in [-0.4, -0.2) is 81.9 Å². The van der Waals surface area contributed by atoms with Gasteiger partial charge in [-0.3, -0.25) is 9.69 Å². The number of aromatic hydroxyl groups is 1. The fraction of sp³-hybridized carbons (Fsp3) is 0.441. The molecule has 9 nitrogen and oxygen atoms in total. The van der Waals surface area contributed by atoms with Crippen LogP contribution in [0.5, 0.6) is 11.6 Å². The predicted molar refractivity (Wildman–Crippen MR) is 166 cm³/mol. The number of ether oxygens (including phenoxy) is 1. The number of phenolic OH excluding ortho intramolecular Hbond substituents is 1. The fourth-order valence-corrected chi connectivity index (χ4v) is 8.20. The number of pyridine rings is 1. The Bertz CT molecular complexity index is 1880. The minimum atomic E-state index is -0.858. The van der Waals surface area contributed by atoms with Gasteiger partial charge in [0.2, 0.25) is 5.88 Å². The largest absolute Gasteiger partial charge is 0.508 e. The monoisotopic (exact) mass is 594 g/mol. The maximum absolute atomic E-state index is 14.5. The van der Waals surface area contributed by atoms with Gasteiger partial charge in [0.25, 0.3) is 5.56 Å². The minimum absolute atomic E-state index is 0.00694. The van der Waals surface area contributed by atoms with E-state index in [1.165, 1.54) is 10.7 Å². The second kappa shape index (κ2) is 10.5. The summed E-state index contributed by atoms with van der Waals surface area (Å²) in [5.41, 5.74) is 1.13. The zero-order valence-electron chi connectivity index (χ0n) is 24.4. The average Bonchev–Trinajstić information content (AvgIpc) is 3.35. The van der Waals surface area contributed by atoms with E-state index in [4.69, 9.17) is 16.1 Å². The highest BCUT2D eigenvalue weighted by Gasteiger charge is 2.49. The molecule has 5 saturated heterocycles. The molecule has 3 unspecified atom stereocenters. The molecular formula is C34H35FN6O3. The van der Waals surface area contributed by atoms with E-state index in [0.717, 1.165) is 51.1 Å². The number of rotatable bonds is 5. The SMILES string of the molecule is C#Cc1cccc2cc(O)cc(-n3ncc4c(C5CC6CNCC5CN6)nc(OC[C@@]56CCCN5C[C@H](F)C6)cc4c3=O)c12. The van der Waals surface area contributed by atoms with Crippen molar-refractivity contribution < 1.29 is 14.2 Å². The van der Waals surface area contributed by atoms with Crippen molar-refractivity contribution in [3.05, 3.63) is 64.2 Å². The van der Waals surface area contributed by atoms with Crippen molar-refractivity contribution in [1.82, 2.24) is 30.3 Å². The molecule has 0 saturated carbocycles. The van der Waals surface area contributed by atoms with Crippen LogP contribution < -0.4 is 20.9 Å². The Kier molecular flexibility index (Phi) is 6.59. The van der Waals surface area contributed by atoms with Crippen LogP contribution in [0.2, 0.25) is 0 Å². The maximum Gasteiger partial charge on any atom is 0.279 e. The average molecular weight is 595 g/mol. The molecule has 0 radical (unpaired) electrons. The summed E-state index contributed by atoms with van der Waals surface area (Å²) in [6.07, 6.45) is 9.94. The van der Waals surface area contributed by atoms with E-state index >= 15 is 0 Å². The van der Waals surface area contributed by atoms with Crippen LogP contribution in [0.25, 0.3) is 27.2 Å². The number of phenols is 1. The van der Waals surface area contributed by atoms with E-state index in [0.29, 0.717) is 70.2 Å². The van der Waals surface area contributed by atoms with E-state index in [1.54, 1.807) is 18.3 Å². The molecule has 0 spiro atoms. The first-order chi connectivity index (χ1) is 21.4. The molecule has 226 valence electrons. The Labute approximate surface area is 254 Å². The van der Waals surface area contributed by atoms with E-state index in [9.17, 15) is 14.3 Å². The number of hydrogen-bond acceptors (Lipinski definition) is 8. The van der Waals surface area contributed by atoms with Crippen molar-refractivity contribution in [3.63, 3.8) is 0 Å². The number of halogens is 1. The summed E-state index contributed by atoms with van der Waals surface area (Å²) in [6.45, 7) is 4.25. The molecular weight excluding hydrogens is 559 g/mol. The Balaban J connectivity index is 1.29. The molecule has 5 aliphatic heterocycles. The fourth-order valence-electron chi connectivity index (χ4n) is 8.20. The topological polar surface area (TPSA) is 105 Å². The van der Waals surface area contributed by atoms with Crippen molar-refractivity contribution in [2.45, 2.75) is 49.4 Å². The first kappa shape index (κ1) is 27.5. The van der Waals surface area contributed by atoms with Crippen LogP contribution in [0.1, 0.15) is 42.9 Å². The first-order valence-electron chi connectivity index (χ1n) is 15.5. The third-order valence-corrected chi connectivity index (χ3v) is 10.3. The molecule has 44 heavy (non-hydrogen) atoms. The number of alkyl halides is 1. The Morgan fingerprint density at radius 3 is 3.00 bits per heavy atom. The zero-order valence-corrected chi connectivity index (χ0v) is 24.4. The third kappa shape index (κ3) is 4.45. The van der Waals surface area contributed by atoms with E-state index in [-0.39, 0.29) is 22.8 Å². The number of fused-ring (bicyclic) bond motifs is 7. The highest BCUT2D eigenvalue weighted by atomic mass is 19.1. The summed E-state index contributed by atoms with van der Waals surface area (Å²) in [4.78, 5) is 21.7. The number of benzene rings is 2. The molecule has 3 N–H and O–H groups in total. The van der Waals surface area contributed by atoms with Crippen molar-refractivity contribution >= 4 is 21.5 Å². The second-order valence-corrected chi connectivity index (χ2v) is 12.9. The summed E-state index contributed by atoms with van der Waals surface area (Å²) in [7, 11) is 0. The highest BCUT2D eigenvalue weighted by molar-refractivity contribution is 5.96. The molecule has 2 aromatic carbocycles. The maximum atomic E-state index is 14.5. The standard InChI is InChI=1S/C34H35FN6O3/c1-2-20-5-3-6-21-9-25(42)11-29(31(20)21)41-33(43)27-12-30(44-19-34-7-4-8-40(34)18-23(35)13-34)39-32(28(27)17-38-41)26-10-24-16-36-14-22(26)15-37-24/h1,3,5-6,9,11-12,17,22-24,26,36-37,42H,4,7-8,10,13-16,18-19H2/t22?,23-,24?,26?,34+/m1/s1. The summed E-state index contributed by atoms with van der Waals surface area (Å²) >= 11 is 0. The minimum Gasteiger partial charge on any atom is -0.508 e. The van der Waals surface area contributed by atoms with Crippen LogP contribution in [-0.2, 0) is 0 Å². The molecule has 5 atom stereocenters. The van der Waals surface area contributed by atoms with Gasteiger partial charge in [-0.25, -0.2) is 9.37 Å². The lowest BCUT2D eigenvalue weighted by Gasteiger charge is -2.34. The molecule has 2 bridgehead atoms. The smallest absolute Gasteiger partial charge is 0.279 e. The van der Waals surface area contributed by atoms with Crippen molar-refractivity contribution in [3.8, 4) is 29.7 Å². The van der Waals surface area contributed by atoms with Crippen LogP contribution in [0.3, 0.4) is 0 Å². The van der Waals surface area contributed by atoms with Gasteiger partial charge < -0.3 is 20.5 Å². The van der Waals surface area contributed by atoms with Gasteiger partial charge in [-0.2, -0.15) is 9.78 Å². The van der Waals surface area contributed by atoms with Crippen molar-refractivity contribution in [2.24, 2.45) is 5.92 Å². The van der Waals surface area contributed by atoms with Crippen molar-refractivity contribution in [1.29, 1.82) is 0 Å². The molecule has 0 amide bonds. The second-order valence-electron chi connectivity index (χ2n) is 12.9. The lowest BCUT2D eigenvalue weighted by atomic mass is 9.81. The molecule has 9 rings (SSSR count). The van der Waals surface area contributed by atoms with Gasteiger partial charge in [-0.1, -0.05) is 18.1 Å². The number of terminal acetylenes is 1. The van der Waals surface area contributed by atoms with Crippen molar-refractivity contribution in [2.75, 3.05) is 39.3 Å². The Hall–Kier alpha value is -4.04. The molecule has 10 heteroatoms.